The van der Waals surface area contributed by atoms with E-state index in [1.54, 1.807) is 0 Å². The van der Waals surface area contributed by atoms with Crippen molar-refractivity contribution in [3.63, 3.8) is 0 Å². The number of nitrogens with one attached hydrogen (secondary N) is 2. The first-order chi connectivity index (χ1) is 7.49. The molecule has 0 radical (unpaired) electrons. The van der Waals surface area contributed by atoms with Gasteiger partial charge in [0.1, 0.15) is 12.2 Å². The molecule has 0 aromatic rings. The van der Waals surface area contributed by atoms with Gasteiger partial charge in [0.15, 0.2) is 6.10 Å². The molecule has 5 atom stereocenters. The zero-order chi connectivity index (χ0) is 11.9. The second kappa shape index (κ2) is 3.91. The highest BCUT2D eigenvalue weighted by atomic mass is 16.6. The molecule has 7 heteroatoms. The number of hydrogen-bond donors (Lipinski definition) is 4. The number of rotatable bonds is 1. The van der Waals surface area contributed by atoms with Gasteiger partial charge in [-0.2, -0.15) is 0 Å². The molecule has 16 heavy (non-hydrogen) atoms. The number of esters is 1. The van der Waals surface area contributed by atoms with Crippen molar-refractivity contribution in [2.45, 2.75) is 43.7 Å². The molecule has 4 N–H and O–H groups in total. The highest BCUT2D eigenvalue weighted by Gasteiger charge is 2.48. The third kappa shape index (κ3) is 1.83. The first kappa shape index (κ1) is 11.2. The van der Waals surface area contributed by atoms with Crippen LogP contribution >= 0.6 is 0 Å². The summed E-state index contributed by atoms with van der Waals surface area (Å²) in [6.45, 7) is 1.20. The van der Waals surface area contributed by atoms with Gasteiger partial charge in [-0.25, -0.2) is 4.79 Å². The van der Waals surface area contributed by atoms with Crippen LogP contribution in [0.25, 0.3) is 0 Å². The van der Waals surface area contributed by atoms with Crippen molar-refractivity contribution in [2.24, 2.45) is 0 Å². The first-order valence-electron chi connectivity index (χ1n) is 5.09. The summed E-state index contributed by atoms with van der Waals surface area (Å²) in [6.07, 6.45) is -2.76. The second-order valence-electron chi connectivity index (χ2n) is 4.12. The summed E-state index contributed by atoms with van der Waals surface area (Å²) in [5, 5.41) is 24.7. The SMILES string of the molecule is CC(=O)OC1[C@@H](O)[C@H]2C[C@H](NC(=O)N2)[C@H]1O. The maximum Gasteiger partial charge on any atom is 0.315 e. The zero-order valence-electron chi connectivity index (χ0n) is 8.71. The lowest BCUT2D eigenvalue weighted by atomic mass is 9.82. The Morgan fingerprint density at radius 1 is 1.31 bits per heavy atom. The van der Waals surface area contributed by atoms with Crippen LogP contribution in [0, 0.1) is 0 Å². The number of amides is 2. The van der Waals surface area contributed by atoms with Crippen molar-refractivity contribution in [3.8, 4) is 0 Å². The summed E-state index contributed by atoms with van der Waals surface area (Å²) in [7, 11) is 0. The van der Waals surface area contributed by atoms with E-state index in [1.165, 1.54) is 6.92 Å². The van der Waals surface area contributed by atoms with E-state index in [0.717, 1.165) is 0 Å². The predicted octanol–water partition coefficient (Wildman–Crippen LogP) is -1.91. The van der Waals surface area contributed by atoms with Crippen LogP contribution in [0.3, 0.4) is 0 Å². The number of hydrogen-bond acceptors (Lipinski definition) is 5. The van der Waals surface area contributed by atoms with Crippen molar-refractivity contribution in [2.75, 3.05) is 0 Å². The zero-order valence-corrected chi connectivity index (χ0v) is 8.71. The quantitative estimate of drug-likeness (QED) is 0.393. The minimum Gasteiger partial charge on any atom is -0.457 e. The van der Waals surface area contributed by atoms with Gasteiger partial charge in [0.2, 0.25) is 0 Å². The Labute approximate surface area is 91.8 Å². The lowest BCUT2D eigenvalue weighted by molar-refractivity contribution is -0.173. The molecule has 2 aliphatic rings. The highest BCUT2D eigenvalue weighted by Crippen LogP contribution is 2.25. The van der Waals surface area contributed by atoms with E-state index in [4.69, 9.17) is 4.74 Å². The highest BCUT2D eigenvalue weighted by molar-refractivity contribution is 5.76. The van der Waals surface area contributed by atoms with Gasteiger partial charge in [-0.05, 0) is 6.42 Å². The molecule has 0 aromatic carbocycles. The summed E-state index contributed by atoms with van der Waals surface area (Å²) in [4.78, 5) is 22.0. The molecule has 0 spiro atoms. The number of carbonyl (C=O) groups is 2. The molecule has 1 saturated carbocycles. The van der Waals surface area contributed by atoms with Crippen LogP contribution in [0.1, 0.15) is 13.3 Å². The molecule has 2 bridgehead atoms. The monoisotopic (exact) mass is 230 g/mol. The standard InChI is InChI=1S/C9H14N2O5/c1-3(12)16-8-6(13)4-2-5(7(8)14)11-9(15)10-4/h4-8,13-14H,2H2,1H3,(H2,10,11,15)/t4-,5+,6+,7-,8?. The van der Waals surface area contributed by atoms with E-state index in [0.29, 0.717) is 6.42 Å². The van der Waals surface area contributed by atoms with Crippen LogP contribution in [-0.4, -0.2) is 52.6 Å². The fourth-order valence-electron chi connectivity index (χ4n) is 2.21. The van der Waals surface area contributed by atoms with Crippen LogP contribution < -0.4 is 10.6 Å². The molecule has 0 aromatic heterocycles. The van der Waals surface area contributed by atoms with Gasteiger partial charge in [0, 0.05) is 6.92 Å². The number of ether oxygens (including phenoxy) is 1. The average Bonchev–Trinajstić information content (AvgIpc) is 2.21. The van der Waals surface area contributed by atoms with Gasteiger partial charge >= 0.3 is 12.0 Å². The number of carbonyl (C=O) groups excluding carboxylic acids is 2. The molecule has 1 heterocycles. The minimum atomic E-state index is -1.08. The van der Waals surface area contributed by atoms with E-state index in [1.807, 2.05) is 0 Å². The molecule has 2 amide bonds. The van der Waals surface area contributed by atoms with Crippen LogP contribution in [0.2, 0.25) is 0 Å². The van der Waals surface area contributed by atoms with Crippen LogP contribution in [0.15, 0.2) is 0 Å². The van der Waals surface area contributed by atoms with Crippen LogP contribution in [0.5, 0.6) is 0 Å². The molecule has 7 nitrogen and oxygen atoms in total. The Morgan fingerprint density at radius 3 is 2.25 bits per heavy atom. The summed E-state index contributed by atoms with van der Waals surface area (Å²) in [6, 6.07) is -1.42. The first-order valence-corrected chi connectivity index (χ1v) is 5.09. The average molecular weight is 230 g/mol. The molecule has 90 valence electrons. The smallest absolute Gasteiger partial charge is 0.315 e. The fourth-order valence-corrected chi connectivity index (χ4v) is 2.21. The lowest BCUT2D eigenvalue weighted by Gasteiger charge is -2.45. The molecular formula is C9H14N2O5. The van der Waals surface area contributed by atoms with Gasteiger partial charge in [-0.1, -0.05) is 0 Å². The summed E-state index contributed by atoms with van der Waals surface area (Å²) in [5.41, 5.74) is 0. The number of fused-ring (bicyclic) bond motifs is 2. The lowest BCUT2D eigenvalue weighted by Crippen LogP contribution is -2.71. The van der Waals surface area contributed by atoms with Gasteiger partial charge < -0.3 is 25.6 Å². The third-order valence-electron chi connectivity index (χ3n) is 2.94. The van der Waals surface area contributed by atoms with Gasteiger partial charge in [-0.15, -0.1) is 0 Å². The van der Waals surface area contributed by atoms with Crippen LogP contribution in [0.4, 0.5) is 4.79 Å². The third-order valence-corrected chi connectivity index (χ3v) is 2.94. The Morgan fingerprint density at radius 2 is 1.81 bits per heavy atom. The molecule has 1 unspecified atom stereocenters. The van der Waals surface area contributed by atoms with Crippen molar-refractivity contribution in [1.29, 1.82) is 0 Å². The molecule has 1 aliphatic carbocycles. The van der Waals surface area contributed by atoms with Gasteiger partial charge in [-0.3, -0.25) is 4.79 Å². The van der Waals surface area contributed by atoms with Crippen LogP contribution in [-0.2, 0) is 9.53 Å². The number of urea groups is 1. The number of aliphatic hydroxyl groups excluding tert-OH is 2. The van der Waals surface area contributed by atoms with E-state index in [9.17, 15) is 19.8 Å². The Kier molecular flexibility index (Phi) is 2.73. The van der Waals surface area contributed by atoms with E-state index < -0.39 is 42.4 Å². The Balaban J connectivity index is 2.15. The van der Waals surface area contributed by atoms with Crippen molar-refractivity contribution < 1.29 is 24.5 Å². The second-order valence-corrected chi connectivity index (χ2v) is 4.12. The van der Waals surface area contributed by atoms with E-state index in [2.05, 4.69) is 10.6 Å². The van der Waals surface area contributed by atoms with Crippen molar-refractivity contribution in [3.05, 3.63) is 0 Å². The van der Waals surface area contributed by atoms with Gasteiger partial charge in [0.25, 0.3) is 0 Å². The predicted molar refractivity (Wildman–Crippen MR) is 51.4 cm³/mol. The van der Waals surface area contributed by atoms with E-state index in [-0.39, 0.29) is 0 Å². The maximum absolute atomic E-state index is 11.1. The molecule has 2 rings (SSSR count). The van der Waals surface area contributed by atoms with E-state index >= 15 is 0 Å². The largest absolute Gasteiger partial charge is 0.457 e. The summed E-state index contributed by atoms with van der Waals surface area (Å²) >= 11 is 0. The molecule has 1 aliphatic heterocycles. The molecule has 1 saturated heterocycles. The molecule has 2 fully saturated rings. The van der Waals surface area contributed by atoms with Crippen molar-refractivity contribution >= 4 is 12.0 Å². The Bertz CT molecular complexity index is 301. The summed E-state index contributed by atoms with van der Waals surface area (Å²) in [5.74, 6) is -0.575. The van der Waals surface area contributed by atoms with Gasteiger partial charge in [0.05, 0.1) is 12.1 Å². The number of aliphatic hydroxyl groups is 2. The fraction of sp³-hybridized carbons (Fsp3) is 0.778. The van der Waals surface area contributed by atoms with Crippen molar-refractivity contribution in [1.82, 2.24) is 10.6 Å². The molecular weight excluding hydrogens is 216 g/mol. The maximum atomic E-state index is 11.1. The Hall–Kier alpha value is -1.34. The topological polar surface area (TPSA) is 108 Å². The summed E-state index contributed by atoms with van der Waals surface area (Å²) < 4.78 is 4.86. The minimum absolute atomic E-state index is 0.409. The normalized spacial score (nSPS) is 41.9.